The minimum absolute atomic E-state index is 0.0104. The van der Waals surface area contributed by atoms with E-state index < -0.39 is 6.61 Å². The standard InChI is InChI=1S/C20H22F2N4O4/c1-11-13-6-8-26(15-5-7-23-19(15)27)18(13)25-24-17(11)14-4-3-12(30-20(21)22)9-16(14)29-10-28-2/h3-4,9,15,20H,5-8,10H2,1-2H3,(H,23,27)/t15-/m0/s1. The summed E-state index contributed by atoms with van der Waals surface area (Å²) in [6.07, 6.45) is 1.48. The van der Waals surface area contributed by atoms with E-state index in [4.69, 9.17) is 9.47 Å². The van der Waals surface area contributed by atoms with Crippen LogP contribution in [0.5, 0.6) is 11.5 Å². The van der Waals surface area contributed by atoms with Crippen LogP contribution in [0.2, 0.25) is 0 Å². The molecule has 0 radical (unpaired) electrons. The smallest absolute Gasteiger partial charge is 0.387 e. The molecule has 2 aromatic rings. The topological polar surface area (TPSA) is 85.8 Å². The van der Waals surface area contributed by atoms with E-state index in [9.17, 15) is 13.6 Å². The average Bonchev–Trinajstić information content (AvgIpc) is 3.33. The molecule has 1 atom stereocenters. The Morgan fingerprint density at radius 2 is 2.17 bits per heavy atom. The number of hydrogen-bond donors (Lipinski definition) is 1. The summed E-state index contributed by atoms with van der Waals surface area (Å²) >= 11 is 0. The molecule has 2 aliphatic heterocycles. The Balaban J connectivity index is 1.70. The molecule has 1 aromatic heterocycles. The maximum atomic E-state index is 12.6. The van der Waals surface area contributed by atoms with Crippen LogP contribution >= 0.6 is 0 Å². The number of nitrogens with zero attached hydrogens (tertiary/aromatic N) is 3. The predicted molar refractivity (Wildman–Crippen MR) is 104 cm³/mol. The highest BCUT2D eigenvalue weighted by molar-refractivity contribution is 5.88. The summed E-state index contributed by atoms with van der Waals surface area (Å²) in [6.45, 7) is 0.289. The summed E-state index contributed by atoms with van der Waals surface area (Å²) in [5.74, 6) is 1.01. The van der Waals surface area contributed by atoms with Crippen LogP contribution in [0.15, 0.2) is 18.2 Å². The maximum absolute atomic E-state index is 12.6. The molecule has 1 fully saturated rings. The Morgan fingerprint density at radius 3 is 2.87 bits per heavy atom. The van der Waals surface area contributed by atoms with Crippen LogP contribution in [-0.2, 0) is 16.0 Å². The fraction of sp³-hybridized carbons (Fsp3) is 0.450. The minimum Gasteiger partial charge on any atom is -0.467 e. The fourth-order valence-electron chi connectivity index (χ4n) is 3.97. The van der Waals surface area contributed by atoms with Crippen molar-refractivity contribution in [2.75, 3.05) is 31.9 Å². The monoisotopic (exact) mass is 420 g/mol. The van der Waals surface area contributed by atoms with Gasteiger partial charge in [0.15, 0.2) is 12.6 Å². The van der Waals surface area contributed by atoms with Crippen molar-refractivity contribution in [1.82, 2.24) is 15.5 Å². The molecule has 3 heterocycles. The van der Waals surface area contributed by atoms with Crippen molar-refractivity contribution >= 4 is 11.7 Å². The molecule has 1 N–H and O–H groups in total. The maximum Gasteiger partial charge on any atom is 0.387 e. The molecule has 0 aliphatic carbocycles. The molecule has 8 nitrogen and oxygen atoms in total. The number of alkyl halides is 2. The summed E-state index contributed by atoms with van der Waals surface area (Å²) in [5.41, 5.74) is 3.11. The van der Waals surface area contributed by atoms with E-state index >= 15 is 0 Å². The van der Waals surface area contributed by atoms with Gasteiger partial charge in [0.2, 0.25) is 5.91 Å². The predicted octanol–water partition coefficient (Wildman–Crippen LogP) is 2.29. The number of methoxy groups -OCH3 is 1. The van der Waals surface area contributed by atoms with E-state index in [1.54, 1.807) is 6.07 Å². The third kappa shape index (κ3) is 3.74. The lowest BCUT2D eigenvalue weighted by Gasteiger charge is -2.23. The number of fused-ring (bicyclic) bond motifs is 1. The number of aromatic nitrogens is 2. The third-order valence-electron chi connectivity index (χ3n) is 5.36. The van der Waals surface area contributed by atoms with Crippen LogP contribution in [0.4, 0.5) is 14.6 Å². The van der Waals surface area contributed by atoms with E-state index in [2.05, 4.69) is 20.3 Å². The number of ether oxygens (including phenoxy) is 3. The lowest BCUT2D eigenvalue weighted by molar-refractivity contribution is -0.120. The third-order valence-corrected chi connectivity index (χ3v) is 5.36. The van der Waals surface area contributed by atoms with Gasteiger partial charge in [0.25, 0.3) is 0 Å². The Morgan fingerprint density at radius 1 is 1.33 bits per heavy atom. The van der Waals surface area contributed by atoms with Gasteiger partial charge in [-0.3, -0.25) is 4.79 Å². The van der Waals surface area contributed by atoms with Gasteiger partial charge in [-0.1, -0.05) is 0 Å². The van der Waals surface area contributed by atoms with Crippen LogP contribution in [0.1, 0.15) is 17.5 Å². The highest BCUT2D eigenvalue weighted by Gasteiger charge is 2.36. The van der Waals surface area contributed by atoms with E-state index in [-0.39, 0.29) is 24.5 Å². The van der Waals surface area contributed by atoms with Gasteiger partial charge in [-0.2, -0.15) is 8.78 Å². The largest absolute Gasteiger partial charge is 0.467 e. The zero-order chi connectivity index (χ0) is 21.3. The second kappa shape index (κ2) is 8.39. The Bertz CT molecular complexity index is 957. The second-order valence-corrected chi connectivity index (χ2v) is 7.10. The lowest BCUT2D eigenvalue weighted by atomic mass is 10.0. The molecule has 10 heteroatoms. The first-order valence-corrected chi connectivity index (χ1v) is 9.61. The number of carbonyl (C=O) groups excluding carboxylic acids is 1. The first kappa shape index (κ1) is 20.3. The van der Waals surface area contributed by atoms with Crippen LogP contribution in [0, 0.1) is 6.92 Å². The second-order valence-electron chi connectivity index (χ2n) is 7.10. The molecule has 30 heavy (non-hydrogen) atoms. The number of halogens is 2. The van der Waals surface area contributed by atoms with Gasteiger partial charge < -0.3 is 24.4 Å². The summed E-state index contributed by atoms with van der Waals surface area (Å²) in [4.78, 5) is 14.1. The Labute approximate surface area is 172 Å². The molecular formula is C20H22F2N4O4. The molecule has 4 rings (SSSR count). The van der Waals surface area contributed by atoms with Crippen molar-refractivity contribution in [3.63, 3.8) is 0 Å². The molecule has 0 unspecified atom stereocenters. The van der Waals surface area contributed by atoms with Gasteiger partial charge in [0.1, 0.15) is 17.5 Å². The minimum atomic E-state index is -2.94. The van der Waals surface area contributed by atoms with Crippen LogP contribution in [0.25, 0.3) is 11.3 Å². The Kier molecular flexibility index (Phi) is 5.67. The van der Waals surface area contributed by atoms with Crippen molar-refractivity contribution in [2.45, 2.75) is 32.4 Å². The highest BCUT2D eigenvalue weighted by atomic mass is 19.3. The number of hydrogen-bond acceptors (Lipinski definition) is 7. The Hall–Kier alpha value is -3.01. The first-order valence-electron chi connectivity index (χ1n) is 9.61. The molecule has 160 valence electrons. The molecule has 1 amide bonds. The molecule has 0 spiro atoms. The van der Waals surface area contributed by atoms with Gasteiger partial charge in [-0.25, -0.2) is 0 Å². The summed E-state index contributed by atoms with van der Waals surface area (Å²) in [7, 11) is 1.47. The molecule has 0 saturated carbocycles. The molecule has 1 saturated heterocycles. The number of nitrogens with one attached hydrogen (secondary N) is 1. The fourth-order valence-corrected chi connectivity index (χ4v) is 3.97. The normalized spacial score (nSPS) is 18.0. The van der Waals surface area contributed by atoms with Crippen LogP contribution in [0.3, 0.4) is 0 Å². The van der Waals surface area contributed by atoms with Crippen molar-refractivity contribution < 1.29 is 27.8 Å². The lowest BCUT2D eigenvalue weighted by Crippen LogP contribution is -2.40. The van der Waals surface area contributed by atoms with Gasteiger partial charge in [-0.05, 0) is 37.5 Å². The number of anilines is 1. The van der Waals surface area contributed by atoms with Crippen molar-refractivity contribution in [1.29, 1.82) is 0 Å². The van der Waals surface area contributed by atoms with Crippen molar-refractivity contribution in [3.8, 4) is 22.8 Å². The van der Waals surface area contributed by atoms with Crippen LogP contribution in [-0.4, -0.2) is 55.8 Å². The van der Waals surface area contributed by atoms with E-state index in [0.717, 1.165) is 29.8 Å². The zero-order valence-corrected chi connectivity index (χ0v) is 16.7. The molecule has 2 aliphatic rings. The van der Waals surface area contributed by atoms with Crippen molar-refractivity contribution in [3.05, 3.63) is 29.3 Å². The van der Waals surface area contributed by atoms with E-state index in [1.165, 1.54) is 19.2 Å². The number of carbonyl (C=O) groups is 1. The number of amides is 1. The average molecular weight is 420 g/mol. The zero-order valence-electron chi connectivity index (χ0n) is 16.7. The van der Waals surface area contributed by atoms with Gasteiger partial charge in [0.05, 0.1) is 5.69 Å². The SMILES string of the molecule is COCOc1cc(OC(F)F)ccc1-c1nnc2c(c1C)CCN2[C@H]1CCNC1=O. The van der Waals surface area contributed by atoms with Gasteiger partial charge >= 0.3 is 6.61 Å². The summed E-state index contributed by atoms with van der Waals surface area (Å²) in [6, 6.07) is 4.20. The van der Waals surface area contributed by atoms with Crippen molar-refractivity contribution in [2.24, 2.45) is 0 Å². The number of rotatable bonds is 7. The number of benzene rings is 1. The molecular weight excluding hydrogens is 398 g/mol. The first-order chi connectivity index (χ1) is 14.5. The van der Waals surface area contributed by atoms with Gasteiger partial charge in [-0.15, -0.1) is 10.2 Å². The summed E-state index contributed by atoms with van der Waals surface area (Å²) in [5, 5.41) is 11.7. The van der Waals surface area contributed by atoms with E-state index in [0.29, 0.717) is 30.1 Å². The molecule has 1 aromatic carbocycles. The summed E-state index contributed by atoms with van der Waals surface area (Å²) < 4.78 is 40.2. The van der Waals surface area contributed by atoms with E-state index in [1.807, 2.05) is 11.8 Å². The van der Waals surface area contributed by atoms with Crippen LogP contribution < -0.4 is 19.7 Å². The molecule has 0 bridgehead atoms. The van der Waals surface area contributed by atoms with Gasteiger partial charge in [0, 0.05) is 37.4 Å². The highest BCUT2D eigenvalue weighted by Crippen LogP contribution is 2.39. The quantitative estimate of drug-likeness (QED) is 0.688.